The number of aromatic nitrogens is 2. The molecular formula is C15H19N3O. The number of hydrogen-bond donors (Lipinski definition) is 1. The zero-order valence-electron chi connectivity index (χ0n) is 11.0. The van der Waals surface area contributed by atoms with Gasteiger partial charge in [0.25, 0.3) is 0 Å². The minimum atomic E-state index is 0.107. The molecule has 1 aliphatic rings. The van der Waals surface area contributed by atoms with Crippen molar-refractivity contribution in [2.45, 2.75) is 25.5 Å². The van der Waals surface area contributed by atoms with Gasteiger partial charge in [0.1, 0.15) is 6.10 Å². The molecule has 0 spiro atoms. The van der Waals surface area contributed by atoms with Gasteiger partial charge in [-0.15, -0.1) is 0 Å². The smallest absolute Gasteiger partial charge is 0.102 e. The van der Waals surface area contributed by atoms with Gasteiger partial charge in [-0.25, -0.2) is 0 Å². The highest BCUT2D eigenvalue weighted by Crippen LogP contribution is 2.28. The minimum Gasteiger partial charge on any atom is -0.371 e. The number of nitrogens with zero attached hydrogens (tertiary/aromatic N) is 2. The maximum absolute atomic E-state index is 5.89. The molecule has 0 bridgehead atoms. The molecule has 0 radical (unpaired) electrons. The summed E-state index contributed by atoms with van der Waals surface area (Å²) in [6.07, 6.45) is 5.94. The van der Waals surface area contributed by atoms with Crippen molar-refractivity contribution in [2.24, 2.45) is 5.73 Å². The van der Waals surface area contributed by atoms with Crippen molar-refractivity contribution < 1.29 is 4.74 Å². The van der Waals surface area contributed by atoms with Gasteiger partial charge in [-0.1, -0.05) is 24.3 Å². The maximum Gasteiger partial charge on any atom is 0.102 e. The summed E-state index contributed by atoms with van der Waals surface area (Å²) >= 11 is 0. The fraction of sp³-hybridized carbons (Fsp3) is 0.400. The fourth-order valence-corrected chi connectivity index (χ4v) is 2.60. The molecule has 2 aromatic rings. The SMILES string of the molecule is NCCc1cnn(CC2OCCc3ccccc32)c1. The second-order valence-electron chi connectivity index (χ2n) is 4.92. The molecule has 1 unspecified atom stereocenters. The van der Waals surface area contributed by atoms with E-state index in [9.17, 15) is 0 Å². The first-order chi connectivity index (χ1) is 9.36. The lowest BCUT2D eigenvalue weighted by atomic mass is 9.98. The van der Waals surface area contributed by atoms with E-state index in [2.05, 4.69) is 35.6 Å². The average molecular weight is 257 g/mol. The van der Waals surface area contributed by atoms with Crippen LogP contribution in [0.15, 0.2) is 36.7 Å². The fourth-order valence-electron chi connectivity index (χ4n) is 2.60. The van der Waals surface area contributed by atoms with E-state index in [1.807, 2.05) is 10.9 Å². The molecule has 100 valence electrons. The Labute approximate surface area is 113 Å². The highest BCUT2D eigenvalue weighted by molar-refractivity contribution is 5.30. The topological polar surface area (TPSA) is 53.1 Å². The van der Waals surface area contributed by atoms with E-state index < -0.39 is 0 Å². The van der Waals surface area contributed by atoms with Gasteiger partial charge in [0, 0.05) is 6.20 Å². The van der Waals surface area contributed by atoms with Crippen molar-refractivity contribution in [1.82, 2.24) is 9.78 Å². The van der Waals surface area contributed by atoms with Crippen LogP contribution in [0.1, 0.15) is 22.8 Å². The summed E-state index contributed by atoms with van der Waals surface area (Å²) < 4.78 is 7.85. The average Bonchev–Trinajstić information content (AvgIpc) is 2.87. The summed E-state index contributed by atoms with van der Waals surface area (Å²) in [6, 6.07) is 8.51. The van der Waals surface area contributed by atoms with Gasteiger partial charge in [0.15, 0.2) is 0 Å². The summed E-state index contributed by atoms with van der Waals surface area (Å²) in [4.78, 5) is 0. The molecule has 19 heavy (non-hydrogen) atoms. The normalized spacial score (nSPS) is 18.3. The van der Waals surface area contributed by atoms with E-state index in [0.717, 1.165) is 26.0 Å². The Balaban J connectivity index is 1.76. The van der Waals surface area contributed by atoms with Crippen LogP contribution in [0.25, 0.3) is 0 Å². The molecule has 1 aliphatic heterocycles. The van der Waals surface area contributed by atoms with Crippen LogP contribution >= 0.6 is 0 Å². The lowest BCUT2D eigenvalue weighted by Gasteiger charge is -2.25. The Morgan fingerprint density at radius 2 is 2.26 bits per heavy atom. The predicted molar refractivity (Wildman–Crippen MR) is 73.8 cm³/mol. The van der Waals surface area contributed by atoms with Crippen molar-refractivity contribution in [1.29, 1.82) is 0 Å². The maximum atomic E-state index is 5.89. The third kappa shape index (κ3) is 2.69. The molecule has 0 fully saturated rings. The molecule has 4 nitrogen and oxygen atoms in total. The number of nitrogens with two attached hydrogens (primary N) is 1. The van der Waals surface area contributed by atoms with E-state index in [4.69, 9.17) is 10.5 Å². The molecule has 4 heteroatoms. The van der Waals surface area contributed by atoms with E-state index in [0.29, 0.717) is 6.54 Å². The van der Waals surface area contributed by atoms with Crippen LogP contribution in [-0.4, -0.2) is 22.9 Å². The Bertz CT molecular complexity index is 550. The van der Waals surface area contributed by atoms with Crippen LogP contribution in [0, 0.1) is 0 Å². The Kier molecular flexibility index (Phi) is 3.62. The number of fused-ring (bicyclic) bond motifs is 1. The zero-order valence-corrected chi connectivity index (χ0v) is 11.0. The van der Waals surface area contributed by atoms with Crippen molar-refractivity contribution in [2.75, 3.05) is 13.2 Å². The Hall–Kier alpha value is -1.65. The van der Waals surface area contributed by atoms with Gasteiger partial charge < -0.3 is 10.5 Å². The lowest BCUT2D eigenvalue weighted by molar-refractivity contribution is 0.0283. The van der Waals surface area contributed by atoms with E-state index in [1.165, 1.54) is 16.7 Å². The second kappa shape index (κ2) is 5.55. The molecule has 1 aromatic heterocycles. The summed E-state index contributed by atoms with van der Waals surface area (Å²) in [5, 5.41) is 4.38. The molecule has 0 saturated heterocycles. The van der Waals surface area contributed by atoms with Gasteiger partial charge in [-0.05, 0) is 36.1 Å². The van der Waals surface area contributed by atoms with Gasteiger partial charge in [0.2, 0.25) is 0 Å². The molecule has 0 saturated carbocycles. The summed E-state index contributed by atoms with van der Waals surface area (Å²) in [7, 11) is 0. The molecule has 0 aliphatic carbocycles. The van der Waals surface area contributed by atoms with Crippen LogP contribution in [-0.2, 0) is 24.1 Å². The number of hydrogen-bond acceptors (Lipinski definition) is 3. The molecule has 2 N–H and O–H groups in total. The highest BCUT2D eigenvalue weighted by atomic mass is 16.5. The van der Waals surface area contributed by atoms with Gasteiger partial charge >= 0.3 is 0 Å². The molecule has 3 rings (SSSR count). The highest BCUT2D eigenvalue weighted by Gasteiger charge is 2.20. The van der Waals surface area contributed by atoms with Gasteiger partial charge in [-0.3, -0.25) is 4.68 Å². The number of benzene rings is 1. The Morgan fingerprint density at radius 3 is 3.16 bits per heavy atom. The number of rotatable bonds is 4. The van der Waals surface area contributed by atoms with Crippen LogP contribution < -0.4 is 5.73 Å². The van der Waals surface area contributed by atoms with Crippen molar-refractivity contribution in [3.63, 3.8) is 0 Å². The molecule has 1 aromatic carbocycles. The van der Waals surface area contributed by atoms with Gasteiger partial charge in [0.05, 0.1) is 19.3 Å². The van der Waals surface area contributed by atoms with Crippen LogP contribution in [0.4, 0.5) is 0 Å². The second-order valence-corrected chi connectivity index (χ2v) is 4.92. The molecule has 1 atom stereocenters. The van der Waals surface area contributed by atoms with Crippen LogP contribution in [0.5, 0.6) is 0 Å². The molecular weight excluding hydrogens is 238 g/mol. The third-order valence-corrected chi connectivity index (χ3v) is 3.57. The summed E-state index contributed by atoms with van der Waals surface area (Å²) in [6.45, 7) is 2.22. The van der Waals surface area contributed by atoms with E-state index in [1.54, 1.807) is 0 Å². The lowest BCUT2D eigenvalue weighted by Crippen LogP contribution is -2.20. The zero-order chi connectivity index (χ0) is 13.1. The first kappa shape index (κ1) is 12.4. The Morgan fingerprint density at radius 1 is 1.37 bits per heavy atom. The predicted octanol–water partition coefficient (Wildman–Crippen LogP) is 1.70. The third-order valence-electron chi connectivity index (χ3n) is 3.57. The first-order valence-corrected chi connectivity index (χ1v) is 6.77. The standard InChI is InChI=1S/C15H19N3O/c16-7-5-12-9-17-18(10-12)11-15-14-4-2-1-3-13(14)6-8-19-15/h1-4,9-10,15H,5-8,11,16H2. The monoisotopic (exact) mass is 257 g/mol. The summed E-state index contributed by atoms with van der Waals surface area (Å²) in [5.41, 5.74) is 9.43. The largest absolute Gasteiger partial charge is 0.371 e. The summed E-state index contributed by atoms with van der Waals surface area (Å²) in [5.74, 6) is 0. The van der Waals surface area contributed by atoms with Crippen molar-refractivity contribution in [3.05, 3.63) is 53.3 Å². The molecule has 0 amide bonds. The van der Waals surface area contributed by atoms with Gasteiger partial charge in [-0.2, -0.15) is 5.10 Å². The van der Waals surface area contributed by atoms with Crippen molar-refractivity contribution >= 4 is 0 Å². The first-order valence-electron chi connectivity index (χ1n) is 6.77. The van der Waals surface area contributed by atoms with Crippen LogP contribution in [0.3, 0.4) is 0 Å². The van der Waals surface area contributed by atoms with Crippen molar-refractivity contribution in [3.8, 4) is 0 Å². The molecule has 2 heterocycles. The van der Waals surface area contributed by atoms with E-state index >= 15 is 0 Å². The van der Waals surface area contributed by atoms with E-state index in [-0.39, 0.29) is 6.10 Å². The quantitative estimate of drug-likeness (QED) is 0.907. The van der Waals surface area contributed by atoms with Crippen LogP contribution in [0.2, 0.25) is 0 Å². The minimum absolute atomic E-state index is 0.107. The number of ether oxygens (including phenoxy) is 1.